The van der Waals surface area contributed by atoms with Gasteiger partial charge in [0, 0.05) is 12.0 Å². The number of benzene rings is 3. The van der Waals surface area contributed by atoms with E-state index in [0.717, 1.165) is 16.9 Å². The second-order valence-corrected chi connectivity index (χ2v) is 9.98. The Morgan fingerprint density at radius 1 is 0.921 bits per heavy atom. The third-order valence-corrected chi connectivity index (χ3v) is 6.75. The second-order valence-electron chi connectivity index (χ2n) is 8.45. The van der Waals surface area contributed by atoms with Crippen molar-refractivity contribution in [3.05, 3.63) is 77.9 Å². The van der Waals surface area contributed by atoms with Gasteiger partial charge in [-0.2, -0.15) is 0 Å². The zero-order valence-electron chi connectivity index (χ0n) is 22.1. The van der Waals surface area contributed by atoms with Gasteiger partial charge in [-0.1, -0.05) is 18.2 Å². The molecule has 0 aromatic heterocycles. The summed E-state index contributed by atoms with van der Waals surface area (Å²) in [4.78, 5) is -0.0266. The largest absolute Gasteiger partial charge is 1.00 e. The lowest BCUT2D eigenvalue weighted by molar-refractivity contribution is -0.558. The van der Waals surface area contributed by atoms with Gasteiger partial charge >= 0.3 is 0 Å². The van der Waals surface area contributed by atoms with Crippen LogP contribution in [0.1, 0.15) is 25.0 Å². The smallest absolute Gasteiger partial charge is 0.241 e. The SMILES string of the molecule is CCOc1ccccc1OCC[N+](=Cc1ccc(OC)cc1)[C@H](C)Cc1ccc(OC)c(S(N)(=O)=O)c1.[I-]. The van der Waals surface area contributed by atoms with Gasteiger partial charge in [0.1, 0.15) is 23.0 Å². The van der Waals surface area contributed by atoms with Crippen LogP contribution in [0.5, 0.6) is 23.0 Å². The Balaban J connectivity index is 0.00000507. The summed E-state index contributed by atoms with van der Waals surface area (Å²) in [5.74, 6) is 2.40. The molecule has 0 radical (unpaired) electrons. The van der Waals surface area contributed by atoms with Crippen LogP contribution in [0.4, 0.5) is 0 Å². The molecule has 0 spiro atoms. The predicted molar refractivity (Wildman–Crippen MR) is 144 cm³/mol. The van der Waals surface area contributed by atoms with Gasteiger partial charge in [-0.15, -0.1) is 0 Å². The van der Waals surface area contributed by atoms with Crippen LogP contribution < -0.4 is 48.1 Å². The molecule has 2 N–H and O–H groups in total. The van der Waals surface area contributed by atoms with Crippen molar-refractivity contribution in [1.82, 2.24) is 0 Å². The fraction of sp³-hybridized carbons (Fsp3) is 0.321. The van der Waals surface area contributed by atoms with Crippen LogP contribution in [0.15, 0.2) is 71.6 Å². The topological polar surface area (TPSA) is 100 Å². The average molecular weight is 655 g/mol. The molecule has 0 amide bonds. The normalized spacial score (nSPS) is 12.3. The van der Waals surface area contributed by atoms with Gasteiger partial charge < -0.3 is 42.9 Å². The molecule has 3 aromatic carbocycles. The second kappa shape index (κ2) is 14.9. The molecule has 0 heterocycles. The standard InChI is InChI=1S/C28H35N2O6S.HI/c1-5-35-25-8-6-7-9-26(25)36-17-16-30(20-22-10-13-24(33-3)14-11-22)21(2)18-23-12-15-27(34-4)28(19-23)37(29,31)32;/h6-15,19-21H,5,16-18H2,1-4H3,(H2,29,31,32);1H/q+1;/p-1/t21-;/m1./s1. The number of hydrogen-bond donors (Lipinski definition) is 1. The lowest BCUT2D eigenvalue weighted by Gasteiger charge is -2.15. The zero-order valence-corrected chi connectivity index (χ0v) is 25.1. The number of nitrogens with zero attached hydrogens (tertiary/aromatic N) is 1. The molecule has 3 aromatic rings. The van der Waals surface area contributed by atoms with Gasteiger partial charge in [0.05, 0.1) is 20.8 Å². The minimum atomic E-state index is -3.92. The summed E-state index contributed by atoms with van der Waals surface area (Å²) in [7, 11) is -0.871. The molecule has 0 aliphatic rings. The van der Waals surface area contributed by atoms with E-state index in [-0.39, 0.29) is 40.7 Å². The highest BCUT2D eigenvalue weighted by Gasteiger charge is 2.21. The summed E-state index contributed by atoms with van der Waals surface area (Å²) < 4.78 is 48.5. The molecule has 8 nitrogen and oxygen atoms in total. The molecule has 0 saturated heterocycles. The molecule has 3 rings (SSSR count). The molecule has 0 unspecified atom stereocenters. The number of methoxy groups -OCH3 is 2. The Labute approximate surface area is 242 Å². The van der Waals surface area contributed by atoms with Crippen LogP contribution in [0.25, 0.3) is 0 Å². The first-order valence-electron chi connectivity index (χ1n) is 12.0. The van der Waals surface area contributed by atoms with E-state index in [0.29, 0.717) is 37.7 Å². The van der Waals surface area contributed by atoms with E-state index in [1.54, 1.807) is 19.2 Å². The number of halogens is 1. The molecule has 10 heteroatoms. The van der Waals surface area contributed by atoms with Crippen molar-refractivity contribution in [2.24, 2.45) is 5.14 Å². The molecular formula is C28H35IN2O6S. The number of nitrogens with two attached hydrogens (primary N) is 1. The van der Waals surface area contributed by atoms with Crippen LogP contribution in [-0.2, 0) is 16.4 Å². The molecule has 0 fully saturated rings. The van der Waals surface area contributed by atoms with Gasteiger partial charge in [0.25, 0.3) is 0 Å². The van der Waals surface area contributed by atoms with Gasteiger partial charge in [0.2, 0.25) is 10.0 Å². The molecule has 0 aliphatic heterocycles. The summed E-state index contributed by atoms with van der Waals surface area (Å²) >= 11 is 0. The van der Waals surface area contributed by atoms with E-state index in [1.165, 1.54) is 7.11 Å². The molecule has 0 saturated carbocycles. The number of primary sulfonamides is 1. The summed E-state index contributed by atoms with van der Waals surface area (Å²) in [5.41, 5.74) is 1.83. The quantitative estimate of drug-likeness (QED) is 0.167. The lowest BCUT2D eigenvalue weighted by atomic mass is 10.1. The Morgan fingerprint density at radius 3 is 2.16 bits per heavy atom. The number of rotatable bonds is 13. The summed E-state index contributed by atoms with van der Waals surface area (Å²) in [5, 5.41) is 5.41. The third-order valence-electron chi connectivity index (χ3n) is 5.82. The first-order valence-corrected chi connectivity index (χ1v) is 13.6. The maximum absolute atomic E-state index is 12.1. The van der Waals surface area contributed by atoms with Crippen molar-refractivity contribution in [3.63, 3.8) is 0 Å². The van der Waals surface area contributed by atoms with Gasteiger partial charge in [-0.25, -0.2) is 18.1 Å². The first-order chi connectivity index (χ1) is 17.7. The average Bonchev–Trinajstić information content (AvgIpc) is 2.89. The molecular weight excluding hydrogens is 619 g/mol. The van der Waals surface area contributed by atoms with Crippen molar-refractivity contribution in [2.45, 2.75) is 31.2 Å². The predicted octanol–water partition coefficient (Wildman–Crippen LogP) is 0.896. The number of ether oxygens (including phenoxy) is 4. The van der Waals surface area contributed by atoms with E-state index >= 15 is 0 Å². The summed E-state index contributed by atoms with van der Waals surface area (Å²) in [6, 6.07) is 20.4. The van der Waals surface area contributed by atoms with Crippen molar-refractivity contribution in [3.8, 4) is 23.0 Å². The number of hydrogen-bond acceptors (Lipinski definition) is 6. The van der Waals surface area contributed by atoms with Gasteiger partial charge in [-0.05, 0) is 67.9 Å². The monoisotopic (exact) mass is 654 g/mol. The van der Waals surface area contributed by atoms with E-state index in [1.807, 2.05) is 61.5 Å². The Bertz CT molecular complexity index is 1310. The number of sulfonamides is 1. The minimum Gasteiger partial charge on any atom is -1.00 e. The highest BCUT2D eigenvalue weighted by atomic mass is 127. The number of para-hydroxylation sites is 2. The van der Waals surface area contributed by atoms with Crippen LogP contribution in [0.2, 0.25) is 0 Å². The van der Waals surface area contributed by atoms with Crippen molar-refractivity contribution in [1.29, 1.82) is 0 Å². The Morgan fingerprint density at radius 2 is 1.58 bits per heavy atom. The third kappa shape index (κ3) is 8.88. The highest BCUT2D eigenvalue weighted by Crippen LogP contribution is 2.27. The van der Waals surface area contributed by atoms with Crippen molar-refractivity contribution < 1.29 is 55.9 Å². The molecule has 0 aliphatic carbocycles. The van der Waals surface area contributed by atoms with E-state index < -0.39 is 10.0 Å². The molecule has 206 valence electrons. The molecule has 0 bridgehead atoms. The van der Waals surface area contributed by atoms with Crippen molar-refractivity contribution in [2.75, 3.05) is 34.0 Å². The maximum Gasteiger partial charge on any atom is 0.241 e. The summed E-state index contributed by atoms with van der Waals surface area (Å²) in [6.45, 7) is 5.58. The van der Waals surface area contributed by atoms with Crippen LogP contribution in [-0.4, -0.2) is 59.2 Å². The zero-order chi connectivity index (χ0) is 26.8. The van der Waals surface area contributed by atoms with Crippen LogP contribution in [0.3, 0.4) is 0 Å². The fourth-order valence-electron chi connectivity index (χ4n) is 3.93. The van der Waals surface area contributed by atoms with Crippen LogP contribution >= 0.6 is 0 Å². The van der Waals surface area contributed by atoms with Crippen LogP contribution in [0, 0.1) is 0 Å². The Kier molecular flexibility index (Phi) is 12.3. The van der Waals surface area contributed by atoms with E-state index in [9.17, 15) is 8.42 Å². The fourth-order valence-corrected chi connectivity index (χ4v) is 4.68. The molecule has 1 atom stereocenters. The molecule has 38 heavy (non-hydrogen) atoms. The lowest BCUT2D eigenvalue weighted by Crippen LogP contribution is -3.00. The minimum absolute atomic E-state index is 0. The van der Waals surface area contributed by atoms with Crippen molar-refractivity contribution >= 4 is 16.2 Å². The van der Waals surface area contributed by atoms with Gasteiger partial charge in [-0.3, -0.25) is 0 Å². The Hall–Kier alpha value is -2.83. The summed E-state index contributed by atoms with van der Waals surface area (Å²) in [6.07, 6.45) is 2.64. The van der Waals surface area contributed by atoms with Gasteiger partial charge in [0.15, 0.2) is 30.3 Å². The maximum atomic E-state index is 12.1. The van der Waals surface area contributed by atoms with E-state index in [4.69, 9.17) is 24.1 Å². The first kappa shape index (κ1) is 31.4. The van der Waals surface area contributed by atoms with E-state index in [2.05, 4.69) is 17.7 Å². The highest BCUT2D eigenvalue weighted by molar-refractivity contribution is 7.89.